The van der Waals surface area contributed by atoms with Crippen LogP contribution in [0.4, 0.5) is 0 Å². The molecule has 0 amide bonds. The van der Waals surface area contributed by atoms with E-state index in [0.29, 0.717) is 18.1 Å². The standard InChI is InChI=1S/C23H27NO4/c1-3-27-23(25)17-28-21-12-11-19(15-22(21)26-2)14-20-10-7-13-24(20)16-18-8-5-4-6-9-18/h4-6,8-9,11-12,14-15H,3,7,10,13,16-17H2,1-2H3. The molecule has 0 spiro atoms. The molecule has 0 aromatic heterocycles. The van der Waals surface area contributed by atoms with Crippen LogP contribution in [-0.4, -0.2) is 37.7 Å². The summed E-state index contributed by atoms with van der Waals surface area (Å²) in [7, 11) is 1.60. The molecule has 2 aromatic rings. The van der Waals surface area contributed by atoms with Crippen molar-refractivity contribution in [2.24, 2.45) is 0 Å². The van der Waals surface area contributed by atoms with Gasteiger partial charge in [0.05, 0.1) is 13.7 Å². The van der Waals surface area contributed by atoms with E-state index in [1.54, 1.807) is 14.0 Å². The smallest absolute Gasteiger partial charge is 0.344 e. The normalized spacial score (nSPS) is 14.9. The van der Waals surface area contributed by atoms with Crippen LogP contribution in [0.2, 0.25) is 0 Å². The number of carbonyl (C=O) groups is 1. The van der Waals surface area contributed by atoms with Gasteiger partial charge in [-0.25, -0.2) is 4.79 Å². The molecular weight excluding hydrogens is 354 g/mol. The highest BCUT2D eigenvalue weighted by atomic mass is 16.6. The van der Waals surface area contributed by atoms with Crippen molar-refractivity contribution in [2.45, 2.75) is 26.3 Å². The number of methoxy groups -OCH3 is 1. The van der Waals surface area contributed by atoms with Gasteiger partial charge >= 0.3 is 5.97 Å². The number of rotatable bonds is 8. The molecule has 1 saturated heterocycles. The summed E-state index contributed by atoms with van der Waals surface area (Å²) in [5.74, 6) is 0.745. The number of ether oxygens (including phenoxy) is 3. The molecule has 1 aliphatic rings. The number of esters is 1. The molecule has 1 fully saturated rings. The highest BCUT2D eigenvalue weighted by molar-refractivity contribution is 5.71. The SMILES string of the molecule is CCOC(=O)COc1ccc(C=C2CCCN2Cc2ccccc2)cc1OC. The Kier molecular flexibility index (Phi) is 6.95. The van der Waals surface area contributed by atoms with Crippen molar-refractivity contribution < 1.29 is 19.0 Å². The topological polar surface area (TPSA) is 48.0 Å². The Morgan fingerprint density at radius 1 is 1.14 bits per heavy atom. The Hall–Kier alpha value is -2.95. The lowest BCUT2D eigenvalue weighted by molar-refractivity contribution is -0.145. The maximum Gasteiger partial charge on any atom is 0.344 e. The van der Waals surface area contributed by atoms with Gasteiger partial charge in [-0.15, -0.1) is 0 Å². The second-order valence-corrected chi connectivity index (χ2v) is 6.65. The van der Waals surface area contributed by atoms with Gasteiger partial charge in [0.15, 0.2) is 18.1 Å². The molecule has 2 aromatic carbocycles. The fourth-order valence-electron chi connectivity index (χ4n) is 3.33. The molecule has 1 heterocycles. The van der Waals surface area contributed by atoms with Crippen molar-refractivity contribution in [3.05, 3.63) is 65.4 Å². The summed E-state index contributed by atoms with van der Waals surface area (Å²) in [6.07, 6.45) is 4.43. The van der Waals surface area contributed by atoms with Crippen molar-refractivity contribution in [2.75, 3.05) is 26.9 Å². The van der Waals surface area contributed by atoms with E-state index in [9.17, 15) is 4.79 Å². The molecule has 0 saturated carbocycles. The van der Waals surface area contributed by atoms with Gasteiger partial charge in [0.2, 0.25) is 0 Å². The molecule has 0 aliphatic carbocycles. The first-order valence-corrected chi connectivity index (χ1v) is 9.65. The molecule has 0 radical (unpaired) electrons. The van der Waals surface area contributed by atoms with Crippen LogP contribution in [-0.2, 0) is 16.1 Å². The van der Waals surface area contributed by atoms with Gasteiger partial charge in [0, 0.05) is 18.8 Å². The van der Waals surface area contributed by atoms with Crippen LogP contribution in [0.25, 0.3) is 6.08 Å². The summed E-state index contributed by atoms with van der Waals surface area (Å²) in [5.41, 5.74) is 3.69. The minimum Gasteiger partial charge on any atom is -0.493 e. The summed E-state index contributed by atoms with van der Waals surface area (Å²) < 4.78 is 15.9. The second-order valence-electron chi connectivity index (χ2n) is 6.65. The van der Waals surface area contributed by atoms with Crippen molar-refractivity contribution >= 4 is 12.0 Å². The molecule has 1 aliphatic heterocycles. The lowest BCUT2D eigenvalue weighted by Gasteiger charge is -2.20. The van der Waals surface area contributed by atoms with Crippen LogP contribution in [0.3, 0.4) is 0 Å². The molecule has 5 nitrogen and oxygen atoms in total. The van der Waals surface area contributed by atoms with Crippen molar-refractivity contribution in [3.63, 3.8) is 0 Å². The molecule has 3 rings (SSSR count). The fourth-order valence-corrected chi connectivity index (χ4v) is 3.33. The predicted molar refractivity (Wildman–Crippen MR) is 109 cm³/mol. The van der Waals surface area contributed by atoms with Crippen molar-refractivity contribution in [1.29, 1.82) is 0 Å². The average molecular weight is 381 g/mol. The predicted octanol–water partition coefficient (Wildman–Crippen LogP) is 4.27. The Balaban J connectivity index is 1.71. The van der Waals surface area contributed by atoms with E-state index in [0.717, 1.165) is 31.5 Å². The van der Waals surface area contributed by atoms with E-state index < -0.39 is 5.97 Å². The molecule has 0 bridgehead atoms. The third kappa shape index (κ3) is 5.28. The van der Waals surface area contributed by atoms with Gasteiger partial charge in [0.1, 0.15) is 0 Å². The zero-order valence-electron chi connectivity index (χ0n) is 16.5. The molecular formula is C23H27NO4. The summed E-state index contributed by atoms with van der Waals surface area (Å²) in [5, 5.41) is 0. The number of hydrogen-bond acceptors (Lipinski definition) is 5. The minimum absolute atomic E-state index is 0.129. The van der Waals surface area contributed by atoms with E-state index in [1.165, 1.54) is 11.3 Å². The highest BCUT2D eigenvalue weighted by Gasteiger charge is 2.17. The lowest BCUT2D eigenvalue weighted by Crippen LogP contribution is -2.17. The number of benzene rings is 2. The monoisotopic (exact) mass is 381 g/mol. The maximum atomic E-state index is 11.5. The number of hydrogen-bond donors (Lipinski definition) is 0. The van der Waals surface area contributed by atoms with Crippen LogP contribution in [0.15, 0.2) is 54.2 Å². The van der Waals surface area contributed by atoms with Crippen LogP contribution in [0, 0.1) is 0 Å². The quantitative estimate of drug-likeness (QED) is 0.639. The Bertz CT molecular complexity index is 817. The largest absolute Gasteiger partial charge is 0.493 e. The number of carbonyl (C=O) groups excluding carboxylic acids is 1. The Morgan fingerprint density at radius 2 is 1.96 bits per heavy atom. The first-order chi connectivity index (χ1) is 13.7. The van der Waals surface area contributed by atoms with E-state index in [4.69, 9.17) is 14.2 Å². The zero-order chi connectivity index (χ0) is 19.8. The first-order valence-electron chi connectivity index (χ1n) is 9.65. The van der Waals surface area contributed by atoms with Crippen molar-refractivity contribution in [1.82, 2.24) is 4.90 Å². The van der Waals surface area contributed by atoms with Crippen molar-refractivity contribution in [3.8, 4) is 11.5 Å². The minimum atomic E-state index is -0.391. The van der Waals surface area contributed by atoms with Gasteiger partial charge in [-0.3, -0.25) is 0 Å². The van der Waals surface area contributed by atoms with Crippen LogP contribution < -0.4 is 9.47 Å². The maximum absolute atomic E-state index is 11.5. The Labute approximate surface area is 166 Å². The van der Waals surface area contributed by atoms with E-state index >= 15 is 0 Å². The average Bonchev–Trinajstić information content (AvgIpc) is 3.14. The van der Waals surface area contributed by atoms with Gasteiger partial charge in [0.25, 0.3) is 0 Å². The number of allylic oxidation sites excluding steroid dienone is 1. The number of nitrogens with zero attached hydrogens (tertiary/aromatic N) is 1. The molecule has 5 heteroatoms. The lowest BCUT2D eigenvalue weighted by atomic mass is 10.1. The van der Waals surface area contributed by atoms with Gasteiger partial charge in [-0.2, -0.15) is 0 Å². The van der Waals surface area contributed by atoms with Crippen LogP contribution in [0.5, 0.6) is 11.5 Å². The Morgan fingerprint density at radius 3 is 2.71 bits per heavy atom. The van der Waals surface area contributed by atoms with E-state index in [1.807, 2.05) is 24.3 Å². The second kappa shape index (κ2) is 9.83. The zero-order valence-corrected chi connectivity index (χ0v) is 16.5. The highest BCUT2D eigenvalue weighted by Crippen LogP contribution is 2.31. The molecule has 148 valence electrons. The number of likely N-dealkylation sites (tertiary alicyclic amines) is 1. The summed E-state index contributed by atoms with van der Waals surface area (Å²) in [6.45, 7) is 3.97. The molecule has 0 atom stereocenters. The molecule has 28 heavy (non-hydrogen) atoms. The van der Waals surface area contributed by atoms with E-state index in [2.05, 4.69) is 35.2 Å². The van der Waals surface area contributed by atoms with Gasteiger partial charge < -0.3 is 19.1 Å². The van der Waals surface area contributed by atoms with Gasteiger partial charge in [-0.05, 0) is 49.1 Å². The van der Waals surface area contributed by atoms with Gasteiger partial charge in [-0.1, -0.05) is 36.4 Å². The van der Waals surface area contributed by atoms with E-state index in [-0.39, 0.29) is 6.61 Å². The first kappa shape index (κ1) is 19.8. The summed E-state index contributed by atoms with van der Waals surface area (Å²) >= 11 is 0. The third-order valence-electron chi connectivity index (χ3n) is 4.66. The molecule has 0 unspecified atom stereocenters. The summed E-state index contributed by atoms with van der Waals surface area (Å²) in [6, 6.07) is 16.3. The van der Waals surface area contributed by atoms with Crippen LogP contribution in [0.1, 0.15) is 30.9 Å². The third-order valence-corrected chi connectivity index (χ3v) is 4.66. The van der Waals surface area contributed by atoms with Crippen LogP contribution >= 0.6 is 0 Å². The summed E-state index contributed by atoms with van der Waals surface area (Å²) in [4.78, 5) is 13.9. The molecule has 0 N–H and O–H groups in total. The fraction of sp³-hybridized carbons (Fsp3) is 0.348.